The maximum Gasteiger partial charge on any atom is 0.166 e. The zero-order valence-corrected chi connectivity index (χ0v) is 17.0. The van der Waals surface area contributed by atoms with Crippen LogP contribution in [0.4, 0.5) is 0 Å². The van der Waals surface area contributed by atoms with E-state index in [1.54, 1.807) is 0 Å². The van der Waals surface area contributed by atoms with Crippen LogP contribution in [-0.2, 0) is 0 Å². The van der Waals surface area contributed by atoms with E-state index in [4.69, 9.17) is 9.72 Å². The third kappa shape index (κ3) is 4.14. The van der Waals surface area contributed by atoms with Gasteiger partial charge in [-0.2, -0.15) is 0 Å². The molecule has 0 amide bonds. The smallest absolute Gasteiger partial charge is 0.166 e. The van der Waals surface area contributed by atoms with Crippen molar-refractivity contribution in [1.29, 1.82) is 0 Å². The fourth-order valence-corrected chi connectivity index (χ4v) is 4.98. The van der Waals surface area contributed by atoms with Gasteiger partial charge in [-0.3, -0.25) is 4.90 Å². The zero-order valence-electron chi connectivity index (χ0n) is 16.2. The third-order valence-corrected chi connectivity index (χ3v) is 6.19. The molecule has 1 aromatic heterocycles. The lowest BCUT2D eigenvalue weighted by molar-refractivity contribution is -0.0209. The van der Waals surface area contributed by atoms with Crippen molar-refractivity contribution in [2.75, 3.05) is 18.9 Å². The number of nitrogens with one attached hydrogen (secondary N) is 1. The number of thioether (sulfide) groups is 1. The van der Waals surface area contributed by atoms with Crippen molar-refractivity contribution in [3.05, 3.63) is 18.2 Å². The number of ether oxygens (including phenoxy) is 1. The minimum atomic E-state index is 0.280. The number of nitrogens with zero attached hydrogens (tertiary/aromatic N) is 2. The van der Waals surface area contributed by atoms with Gasteiger partial charge in [-0.1, -0.05) is 11.8 Å². The quantitative estimate of drug-likeness (QED) is 0.727. The van der Waals surface area contributed by atoms with Gasteiger partial charge in [-0.05, 0) is 66.0 Å². The first-order valence-electron chi connectivity index (χ1n) is 9.35. The Morgan fingerprint density at radius 1 is 1.20 bits per heavy atom. The van der Waals surface area contributed by atoms with Gasteiger partial charge in [0.1, 0.15) is 5.75 Å². The van der Waals surface area contributed by atoms with E-state index in [0.717, 1.165) is 34.2 Å². The van der Waals surface area contributed by atoms with E-state index < -0.39 is 0 Å². The van der Waals surface area contributed by atoms with Crippen molar-refractivity contribution in [1.82, 2.24) is 14.9 Å². The molecule has 0 atom stereocenters. The predicted molar refractivity (Wildman–Crippen MR) is 107 cm³/mol. The Morgan fingerprint density at radius 3 is 2.60 bits per heavy atom. The summed E-state index contributed by atoms with van der Waals surface area (Å²) in [4.78, 5) is 10.8. The van der Waals surface area contributed by atoms with Gasteiger partial charge >= 0.3 is 0 Å². The molecule has 25 heavy (non-hydrogen) atoms. The number of aromatic amines is 1. The predicted octanol–water partition coefficient (Wildman–Crippen LogP) is 5.10. The molecule has 1 aromatic carbocycles. The molecule has 1 aliphatic rings. The lowest BCUT2D eigenvalue weighted by Crippen LogP contribution is -2.59. The summed E-state index contributed by atoms with van der Waals surface area (Å²) in [6.45, 7) is 13.3. The summed E-state index contributed by atoms with van der Waals surface area (Å²) in [5, 5.41) is 0.997. The molecular formula is C20H31N3OS. The molecule has 1 fully saturated rings. The molecule has 2 aromatic rings. The molecule has 2 heterocycles. The summed E-state index contributed by atoms with van der Waals surface area (Å²) >= 11 is 1.81. The second-order valence-corrected chi connectivity index (χ2v) is 9.22. The molecule has 0 spiro atoms. The van der Waals surface area contributed by atoms with Crippen LogP contribution in [0.1, 0.15) is 53.9 Å². The van der Waals surface area contributed by atoms with E-state index in [0.29, 0.717) is 6.61 Å². The lowest BCUT2D eigenvalue weighted by Gasteiger charge is -2.53. The van der Waals surface area contributed by atoms with Crippen LogP contribution in [0.15, 0.2) is 23.4 Å². The number of hydrogen-bond donors (Lipinski definition) is 1. The van der Waals surface area contributed by atoms with Gasteiger partial charge in [0.15, 0.2) is 5.16 Å². The van der Waals surface area contributed by atoms with E-state index in [-0.39, 0.29) is 11.1 Å². The molecule has 0 unspecified atom stereocenters. The Bertz CT molecular complexity index is 707. The standard InChI is InChI=1S/C20H31N3OS/c1-6-24-15-8-9-16-17(14-15)22-18(21-16)25-13-12-23-19(2,3)10-7-11-20(23,4)5/h8-9,14H,6-7,10-13H2,1-5H3,(H,21,22). The second-order valence-electron chi connectivity index (χ2n) is 8.13. The first-order valence-corrected chi connectivity index (χ1v) is 10.3. The van der Waals surface area contributed by atoms with Crippen molar-refractivity contribution in [2.45, 2.75) is 70.1 Å². The summed E-state index contributed by atoms with van der Waals surface area (Å²) in [7, 11) is 0. The van der Waals surface area contributed by atoms with Crippen LogP contribution >= 0.6 is 11.8 Å². The summed E-state index contributed by atoms with van der Waals surface area (Å²) in [6, 6.07) is 6.05. The molecule has 5 heteroatoms. The molecule has 1 saturated heterocycles. The van der Waals surface area contributed by atoms with Crippen molar-refractivity contribution < 1.29 is 4.74 Å². The average molecular weight is 362 g/mol. The molecule has 138 valence electrons. The lowest BCUT2D eigenvalue weighted by atomic mass is 9.80. The first kappa shape index (κ1) is 18.6. The van der Waals surface area contributed by atoms with Crippen molar-refractivity contribution >= 4 is 22.8 Å². The SMILES string of the molecule is CCOc1ccc2nc(SCCN3C(C)(C)CCCC3(C)C)[nH]c2c1. The minimum absolute atomic E-state index is 0.280. The summed E-state index contributed by atoms with van der Waals surface area (Å²) in [6.07, 6.45) is 3.90. The maximum atomic E-state index is 5.57. The third-order valence-electron chi connectivity index (χ3n) is 5.33. The molecule has 3 rings (SSSR count). The number of aromatic nitrogens is 2. The Morgan fingerprint density at radius 2 is 1.92 bits per heavy atom. The zero-order chi connectivity index (χ0) is 18.1. The highest BCUT2D eigenvalue weighted by atomic mass is 32.2. The van der Waals surface area contributed by atoms with Gasteiger partial charge < -0.3 is 9.72 Å². The van der Waals surface area contributed by atoms with Crippen molar-refractivity contribution in [3.63, 3.8) is 0 Å². The van der Waals surface area contributed by atoms with E-state index in [2.05, 4.69) is 37.6 Å². The fraction of sp³-hybridized carbons (Fsp3) is 0.650. The fourth-order valence-electron chi connectivity index (χ4n) is 4.17. The van der Waals surface area contributed by atoms with Crippen LogP contribution in [-0.4, -0.2) is 44.9 Å². The van der Waals surface area contributed by atoms with Crippen LogP contribution in [0, 0.1) is 0 Å². The maximum absolute atomic E-state index is 5.57. The number of imidazole rings is 1. The molecule has 1 N–H and O–H groups in total. The molecule has 1 aliphatic heterocycles. The monoisotopic (exact) mass is 361 g/mol. The number of rotatable bonds is 6. The van der Waals surface area contributed by atoms with E-state index in [1.165, 1.54) is 19.3 Å². The number of H-pyrrole nitrogens is 1. The summed E-state index contributed by atoms with van der Waals surface area (Å²) in [5.74, 6) is 1.94. The highest BCUT2D eigenvalue weighted by molar-refractivity contribution is 7.99. The topological polar surface area (TPSA) is 41.1 Å². The Kier molecular flexibility index (Phi) is 5.35. The number of hydrogen-bond acceptors (Lipinski definition) is 4. The normalized spacial score (nSPS) is 20.0. The minimum Gasteiger partial charge on any atom is -0.494 e. The van der Waals surface area contributed by atoms with Gasteiger partial charge in [0.2, 0.25) is 0 Å². The first-order chi connectivity index (χ1) is 11.8. The number of likely N-dealkylation sites (tertiary alicyclic amines) is 1. The van der Waals surface area contributed by atoms with Gasteiger partial charge in [0, 0.05) is 29.4 Å². The molecule has 0 saturated carbocycles. The highest BCUT2D eigenvalue weighted by Crippen LogP contribution is 2.38. The van der Waals surface area contributed by atoms with Gasteiger partial charge in [-0.25, -0.2) is 4.98 Å². The van der Waals surface area contributed by atoms with Crippen molar-refractivity contribution in [2.24, 2.45) is 0 Å². The molecule has 0 radical (unpaired) electrons. The molecule has 4 nitrogen and oxygen atoms in total. The second kappa shape index (κ2) is 7.20. The van der Waals surface area contributed by atoms with Gasteiger partial charge in [-0.15, -0.1) is 0 Å². The van der Waals surface area contributed by atoms with Crippen LogP contribution in [0.3, 0.4) is 0 Å². The Hall–Kier alpha value is -1.20. The average Bonchev–Trinajstić information content (AvgIpc) is 2.92. The van der Waals surface area contributed by atoms with E-state index in [1.807, 2.05) is 36.9 Å². The Labute approximate surface area is 155 Å². The van der Waals surface area contributed by atoms with Gasteiger partial charge in [0.05, 0.1) is 17.6 Å². The van der Waals surface area contributed by atoms with Crippen LogP contribution in [0.25, 0.3) is 11.0 Å². The number of benzene rings is 1. The van der Waals surface area contributed by atoms with Gasteiger partial charge in [0.25, 0.3) is 0 Å². The van der Waals surface area contributed by atoms with E-state index in [9.17, 15) is 0 Å². The number of piperidine rings is 1. The Balaban J connectivity index is 1.64. The molecule has 0 aliphatic carbocycles. The summed E-state index contributed by atoms with van der Waals surface area (Å²) in [5.41, 5.74) is 2.61. The van der Waals surface area contributed by atoms with Crippen molar-refractivity contribution in [3.8, 4) is 5.75 Å². The van der Waals surface area contributed by atoms with Crippen LogP contribution in [0.5, 0.6) is 5.75 Å². The number of fused-ring (bicyclic) bond motifs is 1. The molecular weight excluding hydrogens is 330 g/mol. The molecule has 0 bridgehead atoms. The highest BCUT2D eigenvalue weighted by Gasteiger charge is 2.40. The summed E-state index contributed by atoms with van der Waals surface area (Å²) < 4.78 is 5.57. The van der Waals surface area contributed by atoms with Crippen LogP contribution in [0.2, 0.25) is 0 Å². The largest absolute Gasteiger partial charge is 0.494 e. The van der Waals surface area contributed by atoms with E-state index >= 15 is 0 Å². The van der Waals surface area contributed by atoms with Crippen LogP contribution < -0.4 is 4.74 Å².